The van der Waals surface area contributed by atoms with Gasteiger partial charge in [-0.3, -0.25) is 9.59 Å². The maximum atomic E-state index is 13.6. The third-order valence-corrected chi connectivity index (χ3v) is 7.25. The lowest BCUT2D eigenvalue weighted by Crippen LogP contribution is -2.20. The minimum Gasteiger partial charge on any atom is -0.497 e. The number of benzene rings is 4. The first-order valence-electron chi connectivity index (χ1n) is 12.1. The number of amides is 2. The predicted octanol–water partition coefficient (Wildman–Crippen LogP) is 7.29. The molecule has 2 amide bonds. The number of anilines is 2. The van der Waals surface area contributed by atoms with Crippen LogP contribution in [0.2, 0.25) is 0 Å². The first-order chi connectivity index (χ1) is 18.0. The van der Waals surface area contributed by atoms with Crippen LogP contribution in [0.25, 0.3) is 0 Å². The fourth-order valence-corrected chi connectivity index (χ4v) is 5.13. The maximum Gasteiger partial charge on any atom is 0.255 e. The summed E-state index contributed by atoms with van der Waals surface area (Å²) in [5.41, 5.74) is 5.07. The van der Waals surface area contributed by atoms with Crippen LogP contribution < -0.4 is 15.4 Å². The number of thioether (sulfide) groups is 1. The summed E-state index contributed by atoms with van der Waals surface area (Å²) in [4.78, 5) is 27.3. The van der Waals surface area contributed by atoms with Crippen LogP contribution in [0.15, 0.2) is 102 Å². The lowest BCUT2D eigenvalue weighted by Gasteiger charge is -2.20. The highest BCUT2D eigenvalue weighted by Crippen LogP contribution is 2.38. The molecule has 0 aliphatic rings. The fraction of sp³-hybridized carbons (Fsp3) is 0.161. The van der Waals surface area contributed by atoms with Gasteiger partial charge in [-0.1, -0.05) is 67.6 Å². The van der Waals surface area contributed by atoms with E-state index in [1.807, 2.05) is 79.7 Å². The van der Waals surface area contributed by atoms with Crippen molar-refractivity contribution in [1.82, 2.24) is 0 Å². The minimum absolute atomic E-state index is 0.0916. The Hall–Kier alpha value is -4.03. The van der Waals surface area contributed by atoms with Gasteiger partial charge in [0.15, 0.2) is 0 Å². The van der Waals surface area contributed by atoms with E-state index in [4.69, 9.17) is 4.74 Å². The summed E-state index contributed by atoms with van der Waals surface area (Å²) in [6.07, 6.45) is 0.829. The minimum atomic E-state index is -0.477. The number of rotatable bonds is 9. The second-order valence-electron chi connectivity index (χ2n) is 8.57. The van der Waals surface area contributed by atoms with E-state index in [9.17, 15) is 9.59 Å². The lowest BCUT2D eigenvalue weighted by atomic mass is 10.1. The van der Waals surface area contributed by atoms with Gasteiger partial charge in [0.25, 0.3) is 5.91 Å². The molecule has 6 heteroatoms. The van der Waals surface area contributed by atoms with Gasteiger partial charge in [-0.25, -0.2) is 0 Å². The number of nitrogens with one attached hydrogen (secondary N) is 2. The van der Waals surface area contributed by atoms with Crippen LogP contribution in [0.3, 0.4) is 0 Å². The zero-order valence-electron chi connectivity index (χ0n) is 21.2. The number of carbonyl (C=O) groups is 2. The summed E-state index contributed by atoms with van der Waals surface area (Å²) in [5, 5.41) is 5.66. The highest BCUT2D eigenvalue weighted by molar-refractivity contribution is 8.00. The summed E-state index contributed by atoms with van der Waals surface area (Å²) >= 11 is 1.45. The molecule has 4 aromatic rings. The van der Waals surface area contributed by atoms with Crippen LogP contribution in [-0.4, -0.2) is 18.9 Å². The van der Waals surface area contributed by atoms with E-state index in [-0.39, 0.29) is 11.8 Å². The quantitative estimate of drug-likeness (QED) is 0.232. The van der Waals surface area contributed by atoms with Gasteiger partial charge in [0, 0.05) is 21.8 Å². The monoisotopic (exact) mass is 510 g/mol. The van der Waals surface area contributed by atoms with E-state index >= 15 is 0 Å². The van der Waals surface area contributed by atoms with Crippen molar-refractivity contribution < 1.29 is 14.3 Å². The Labute approximate surface area is 222 Å². The number of para-hydroxylation sites is 1. The van der Waals surface area contributed by atoms with Crippen molar-refractivity contribution in [3.63, 3.8) is 0 Å². The van der Waals surface area contributed by atoms with Crippen molar-refractivity contribution in [3.8, 4) is 5.75 Å². The molecule has 37 heavy (non-hydrogen) atoms. The van der Waals surface area contributed by atoms with Gasteiger partial charge < -0.3 is 15.4 Å². The zero-order chi connectivity index (χ0) is 26.2. The molecule has 0 saturated carbocycles. The van der Waals surface area contributed by atoms with Gasteiger partial charge >= 0.3 is 0 Å². The molecule has 0 bridgehead atoms. The molecule has 0 aliphatic carbocycles. The summed E-state index contributed by atoms with van der Waals surface area (Å²) in [5.74, 6) is 0.296. The van der Waals surface area contributed by atoms with Gasteiger partial charge in [-0.15, -0.1) is 11.8 Å². The number of carbonyl (C=O) groups excluding carboxylic acids is 2. The standard InChI is InChI=1S/C31H30N2O3S/c1-4-22-14-8-11-21(2)28(22)33-31(35)29(23-12-6-5-7-13-23)37-27-18-10-16-25(20-27)32-30(34)24-15-9-17-26(19-24)36-3/h5-20,29H,4H2,1-3H3,(H,32,34)(H,33,35). The van der Waals surface area contributed by atoms with Crippen LogP contribution in [0.1, 0.15) is 39.2 Å². The van der Waals surface area contributed by atoms with Crippen LogP contribution in [0, 0.1) is 6.92 Å². The molecular formula is C31H30N2O3S. The second-order valence-corrected chi connectivity index (χ2v) is 9.75. The van der Waals surface area contributed by atoms with E-state index in [2.05, 4.69) is 17.6 Å². The van der Waals surface area contributed by atoms with E-state index < -0.39 is 5.25 Å². The molecule has 4 rings (SSSR count). The van der Waals surface area contributed by atoms with Crippen LogP contribution >= 0.6 is 11.8 Å². The summed E-state index contributed by atoms with van der Waals surface area (Å²) in [6, 6.07) is 30.3. The SMILES string of the molecule is CCc1cccc(C)c1NC(=O)C(Sc1cccc(NC(=O)c2cccc(OC)c2)c1)c1ccccc1. The molecule has 1 unspecified atom stereocenters. The molecule has 0 heterocycles. The third kappa shape index (κ3) is 6.60. The van der Waals surface area contributed by atoms with Gasteiger partial charge in [0.05, 0.1) is 7.11 Å². The second kappa shape index (κ2) is 12.3. The van der Waals surface area contributed by atoms with Gasteiger partial charge in [-0.2, -0.15) is 0 Å². The third-order valence-electron chi connectivity index (χ3n) is 6.01. The molecule has 1 atom stereocenters. The summed E-state index contributed by atoms with van der Waals surface area (Å²) < 4.78 is 5.23. The number of hydrogen-bond donors (Lipinski definition) is 2. The first-order valence-corrected chi connectivity index (χ1v) is 13.0. The average molecular weight is 511 g/mol. The molecule has 0 spiro atoms. The van der Waals surface area contributed by atoms with Gasteiger partial charge in [0.1, 0.15) is 11.0 Å². The molecule has 2 N–H and O–H groups in total. The van der Waals surface area contributed by atoms with E-state index in [1.54, 1.807) is 31.4 Å². The lowest BCUT2D eigenvalue weighted by molar-refractivity contribution is -0.115. The Morgan fingerprint density at radius 3 is 2.38 bits per heavy atom. The molecular weight excluding hydrogens is 480 g/mol. The molecule has 4 aromatic carbocycles. The first kappa shape index (κ1) is 26.0. The summed E-state index contributed by atoms with van der Waals surface area (Å²) in [7, 11) is 1.57. The predicted molar refractivity (Wildman–Crippen MR) is 152 cm³/mol. The summed E-state index contributed by atoms with van der Waals surface area (Å²) in [6.45, 7) is 4.09. The molecule has 188 valence electrons. The van der Waals surface area contributed by atoms with E-state index in [0.717, 1.165) is 33.7 Å². The number of methoxy groups -OCH3 is 1. The number of aryl methyl sites for hydroxylation is 2. The molecule has 0 aromatic heterocycles. The van der Waals surface area contributed by atoms with Crippen LogP contribution in [0.4, 0.5) is 11.4 Å². The fourth-order valence-electron chi connectivity index (χ4n) is 4.04. The largest absolute Gasteiger partial charge is 0.497 e. The van der Waals surface area contributed by atoms with Gasteiger partial charge in [0.2, 0.25) is 5.91 Å². The molecule has 5 nitrogen and oxygen atoms in total. The van der Waals surface area contributed by atoms with Crippen molar-refractivity contribution in [2.45, 2.75) is 30.4 Å². The number of ether oxygens (including phenoxy) is 1. The Kier molecular flexibility index (Phi) is 8.64. The average Bonchev–Trinajstić information content (AvgIpc) is 2.93. The topological polar surface area (TPSA) is 67.4 Å². The molecule has 0 aliphatic heterocycles. The normalized spacial score (nSPS) is 11.4. The Morgan fingerprint density at radius 2 is 1.62 bits per heavy atom. The van der Waals surface area contributed by atoms with E-state index in [0.29, 0.717) is 17.0 Å². The van der Waals surface area contributed by atoms with Crippen LogP contribution in [-0.2, 0) is 11.2 Å². The van der Waals surface area contributed by atoms with Gasteiger partial charge in [-0.05, 0) is 66.4 Å². The maximum absolute atomic E-state index is 13.6. The molecule has 0 radical (unpaired) electrons. The Bertz CT molecular complexity index is 1390. The highest BCUT2D eigenvalue weighted by Gasteiger charge is 2.23. The van der Waals surface area contributed by atoms with Crippen molar-refractivity contribution in [1.29, 1.82) is 0 Å². The zero-order valence-corrected chi connectivity index (χ0v) is 22.0. The highest BCUT2D eigenvalue weighted by atomic mass is 32.2. The molecule has 0 saturated heterocycles. The Morgan fingerprint density at radius 1 is 0.865 bits per heavy atom. The molecule has 0 fully saturated rings. The van der Waals surface area contributed by atoms with E-state index in [1.165, 1.54) is 11.8 Å². The van der Waals surface area contributed by atoms with Crippen molar-refractivity contribution in [2.75, 3.05) is 17.7 Å². The van der Waals surface area contributed by atoms with Crippen molar-refractivity contribution in [2.24, 2.45) is 0 Å². The smallest absolute Gasteiger partial charge is 0.255 e. The van der Waals surface area contributed by atoms with Crippen molar-refractivity contribution in [3.05, 3.63) is 119 Å². The Balaban J connectivity index is 1.57. The van der Waals surface area contributed by atoms with Crippen LogP contribution in [0.5, 0.6) is 5.75 Å². The number of hydrogen-bond acceptors (Lipinski definition) is 4. The van der Waals surface area contributed by atoms with Crippen molar-refractivity contribution >= 4 is 35.0 Å².